The molecule has 78 valence electrons. The molecule has 0 unspecified atom stereocenters. The highest BCUT2D eigenvalue weighted by molar-refractivity contribution is 7.89. The molecule has 0 spiro atoms. The summed E-state index contributed by atoms with van der Waals surface area (Å²) in [6.45, 7) is 6.84. The van der Waals surface area contributed by atoms with E-state index >= 15 is 0 Å². The van der Waals surface area contributed by atoms with Gasteiger partial charge in [-0.25, -0.2) is 13.1 Å². The highest BCUT2D eigenvalue weighted by atomic mass is 32.2. The number of hydrogen-bond acceptors (Lipinski definition) is 3. The van der Waals surface area contributed by atoms with Gasteiger partial charge in [0.05, 0.1) is 12.4 Å². The van der Waals surface area contributed by atoms with Crippen molar-refractivity contribution in [2.75, 3.05) is 12.4 Å². The summed E-state index contributed by atoms with van der Waals surface area (Å²) < 4.78 is 24.8. The lowest BCUT2D eigenvalue weighted by Gasteiger charge is -2.19. The molecule has 13 heavy (non-hydrogen) atoms. The fraction of sp³-hybridized carbons (Fsp3) is 0.750. The molecule has 0 heterocycles. The standard InChI is InChI=1S/C8H17NO3S/c1-4-5-13(11,12)9-8(6-10)7(2)3/h4,7-10H,1,5-6H2,2-3H3/t8-/m1/s1. The maximum absolute atomic E-state index is 11.2. The average molecular weight is 207 g/mol. The largest absolute Gasteiger partial charge is 0.395 e. The quantitative estimate of drug-likeness (QED) is 0.607. The summed E-state index contributed by atoms with van der Waals surface area (Å²) in [4.78, 5) is 0. The Hall–Kier alpha value is -0.390. The first-order valence-electron chi connectivity index (χ1n) is 4.14. The van der Waals surface area contributed by atoms with Crippen molar-refractivity contribution in [3.63, 3.8) is 0 Å². The Bertz CT molecular complexity index is 246. The van der Waals surface area contributed by atoms with Gasteiger partial charge in [-0.2, -0.15) is 0 Å². The van der Waals surface area contributed by atoms with Crippen LogP contribution in [0, 0.1) is 5.92 Å². The van der Waals surface area contributed by atoms with E-state index in [1.165, 1.54) is 6.08 Å². The Kier molecular flexibility index (Phi) is 5.20. The third-order valence-electron chi connectivity index (χ3n) is 1.67. The molecule has 0 radical (unpaired) electrons. The lowest BCUT2D eigenvalue weighted by atomic mass is 10.1. The SMILES string of the molecule is C=CCS(=O)(=O)N[C@H](CO)C(C)C. The zero-order valence-corrected chi connectivity index (χ0v) is 8.84. The predicted octanol–water partition coefficient (Wildman–Crippen LogP) is 0.109. The van der Waals surface area contributed by atoms with Crippen molar-refractivity contribution in [3.05, 3.63) is 12.7 Å². The highest BCUT2D eigenvalue weighted by Gasteiger charge is 2.18. The molecule has 2 N–H and O–H groups in total. The van der Waals surface area contributed by atoms with Crippen LogP contribution in [0.1, 0.15) is 13.8 Å². The summed E-state index contributed by atoms with van der Waals surface area (Å²) in [5, 5.41) is 8.88. The van der Waals surface area contributed by atoms with Crippen LogP contribution < -0.4 is 4.72 Å². The van der Waals surface area contributed by atoms with Crippen LogP contribution in [-0.2, 0) is 10.0 Å². The second-order valence-electron chi connectivity index (χ2n) is 3.22. The van der Waals surface area contributed by atoms with Crippen LogP contribution in [0.25, 0.3) is 0 Å². The number of hydrogen-bond donors (Lipinski definition) is 2. The van der Waals surface area contributed by atoms with Crippen molar-refractivity contribution < 1.29 is 13.5 Å². The van der Waals surface area contributed by atoms with Gasteiger partial charge in [-0.3, -0.25) is 0 Å². The van der Waals surface area contributed by atoms with Gasteiger partial charge < -0.3 is 5.11 Å². The van der Waals surface area contributed by atoms with E-state index in [0.717, 1.165) is 0 Å². The normalized spacial score (nSPS) is 14.5. The average Bonchev–Trinajstić information content (AvgIpc) is 1.99. The van der Waals surface area contributed by atoms with Gasteiger partial charge in [-0.15, -0.1) is 6.58 Å². The summed E-state index contributed by atoms with van der Waals surface area (Å²) in [6, 6.07) is -0.412. The van der Waals surface area contributed by atoms with Gasteiger partial charge in [0, 0.05) is 6.04 Å². The summed E-state index contributed by atoms with van der Waals surface area (Å²) in [6.07, 6.45) is 1.32. The molecule has 0 aromatic heterocycles. The molecule has 0 bridgehead atoms. The summed E-state index contributed by atoms with van der Waals surface area (Å²) in [5.41, 5.74) is 0. The van der Waals surface area contributed by atoms with E-state index in [1.807, 2.05) is 13.8 Å². The Morgan fingerprint density at radius 2 is 2.08 bits per heavy atom. The monoisotopic (exact) mass is 207 g/mol. The smallest absolute Gasteiger partial charge is 0.215 e. The third-order valence-corrected chi connectivity index (χ3v) is 3.01. The molecule has 0 aliphatic carbocycles. The fourth-order valence-corrected chi connectivity index (χ4v) is 2.03. The summed E-state index contributed by atoms with van der Waals surface area (Å²) in [5.74, 6) is -0.0412. The molecule has 0 aromatic carbocycles. The minimum absolute atomic E-state index is 0.0737. The zero-order chi connectivity index (χ0) is 10.5. The second kappa shape index (κ2) is 5.36. The van der Waals surface area contributed by atoms with E-state index in [2.05, 4.69) is 11.3 Å². The van der Waals surface area contributed by atoms with Crippen LogP contribution in [0.15, 0.2) is 12.7 Å². The molecule has 0 amide bonds. The van der Waals surface area contributed by atoms with E-state index in [1.54, 1.807) is 0 Å². The molecule has 0 rings (SSSR count). The number of sulfonamides is 1. The van der Waals surface area contributed by atoms with Crippen LogP contribution in [0.5, 0.6) is 0 Å². The van der Waals surface area contributed by atoms with Gasteiger partial charge in [0.15, 0.2) is 0 Å². The van der Waals surface area contributed by atoms with Crippen LogP contribution >= 0.6 is 0 Å². The van der Waals surface area contributed by atoms with Crippen molar-refractivity contribution >= 4 is 10.0 Å². The number of aliphatic hydroxyl groups excluding tert-OH is 1. The second-order valence-corrected chi connectivity index (χ2v) is 5.02. The molecule has 0 aliphatic heterocycles. The van der Waals surface area contributed by atoms with Crippen LogP contribution in [0.4, 0.5) is 0 Å². The molecular formula is C8H17NO3S. The maximum Gasteiger partial charge on any atom is 0.215 e. The van der Waals surface area contributed by atoms with E-state index in [9.17, 15) is 8.42 Å². The molecule has 1 atom stereocenters. The van der Waals surface area contributed by atoms with E-state index in [-0.39, 0.29) is 18.3 Å². The van der Waals surface area contributed by atoms with E-state index in [4.69, 9.17) is 5.11 Å². The molecule has 0 aliphatic rings. The first-order valence-corrected chi connectivity index (χ1v) is 5.80. The molecule has 0 fully saturated rings. The van der Waals surface area contributed by atoms with Gasteiger partial charge in [0.2, 0.25) is 10.0 Å². The maximum atomic E-state index is 11.2. The van der Waals surface area contributed by atoms with Crippen molar-refractivity contribution in [2.24, 2.45) is 5.92 Å². The molecule has 0 saturated carbocycles. The van der Waals surface area contributed by atoms with Crippen LogP contribution in [0.3, 0.4) is 0 Å². The summed E-state index contributed by atoms with van der Waals surface area (Å²) >= 11 is 0. The summed E-state index contributed by atoms with van der Waals surface area (Å²) in [7, 11) is -3.32. The van der Waals surface area contributed by atoms with Gasteiger partial charge >= 0.3 is 0 Å². The number of nitrogens with one attached hydrogen (secondary N) is 1. The molecular weight excluding hydrogens is 190 g/mol. The first-order chi connectivity index (χ1) is 5.93. The van der Waals surface area contributed by atoms with Crippen LogP contribution in [0.2, 0.25) is 0 Å². The topological polar surface area (TPSA) is 66.4 Å². The Balaban J connectivity index is 4.31. The minimum Gasteiger partial charge on any atom is -0.395 e. The molecule has 5 heteroatoms. The van der Waals surface area contributed by atoms with Gasteiger partial charge in [-0.05, 0) is 5.92 Å². The van der Waals surface area contributed by atoms with Gasteiger partial charge in [0.25, 0.3) is 0 Å². The van der Waals surface area contributed by atoms with E-state index < -0.39 is 16.1 Å². The molecule has 0 aromatic rings. The van der Waals surface area contributed by atoms with Gasteiger partial charge in [-0.1, -0.05) is 19.9 Å². The van der Waals surface area contributed by atoms with Crippen molar-refractivity contribution in [2.45, 2.75) is 19.9 Å². The van der Waals surface area contributed by atoms with Crippen LogP contribution in [-0.4, -0.2) is 31.9 Å². The third kappa shape index (κ3) is 5.02. The van der Waals surface area contributed by atoms with Crippen molar-refractivity contribution in [1.82, 2.24) is 4.72 Å². The highest BCUT2D eigenvalue weighted by Crippen LogP contribution is 2.02. The lowest BCUT2D eigenvalue weighted by Crippen LogP contribution is -2.41. The molecule has 0 saturated heterocycles. The Morgan fingerprint density at radius 1 is 1.54 bits per heavy atom. The zero-order valence-electron chi connectivity index (χ0n) is 8.03. The first kappa shape index (κ1) is 12.6. The number of rotatable bonds is 6. The van der Waals surface area contributed by atoms with E-state index in [0.29, 0.717) is 0 Å². The van der Waals surface area contributed by atoms with Gasteiger partial charge in [0.1, 0.15) is 0 Å². The number of aliphatic hydroxyl groups is 1. The Morgan fingerprint density at radius 3 is 2.38 bits per heavy atom. The van der Waals surface area contributed by atoms with Crippen molar-refractivity contribution in [1.29, 1.82) is 0 Å². The lowest BCUT2D eigenvalue weighted by molar-refractivity contribution is 0.228. The fourth-order valence-electron chi connectivity index (χ4n) is 0.818. The predicted molar refractivity (Wildman–Crippen MR) is 52.8 cm³/mol. The minimum atomic E-state index is -3.32. The molecule has 4 nitrogen and oxygen atoms in total. The van der Waals surface area contributed by atoms with Crippen molar-refractivity contribution in [3.8, 4) is 0 Å². The Labute approximate surface area is 79.7 Å².